The summed E-state index contributed by atoms with van der Waals surface area (Å²) < 4.78 is 34.0. The molecule has 7 heteroatoms. The third-order valence-electron chi connectivity index (χ3n) is 3.49. The number of aromatic nitrogens is 1. The summed E-state index contributed by atoms with van der Waals surface area (Å²) in [6.07, 6.45) is 5.09. The van der Waals surface area contributed by atoms with Gasteiger partial charge in [-0.05, 0) is 31.9 Å². The second-order valence-electron chi connectivity index (χ2n) is 5.37. The van der Waals surface area contributed by atoms with Crippen molar-refractivity contribution in [3.05, 3.63) is 18.0 Å². The summed E-state index contributed by atoms with van der Waals surface area (Å²) in [4.78, 5) is 0.346. The molecule has 1 heterocycles. The Kier molecular flexibility index (Phi) is 5.80. The minimum atomic E-state index is -3.45. The Morgan fingerprint density at radius 2 is 2.14 bits per heavy atom. The topological polar surface area (TPSA) is 72.4 Å². The fourth-order valence-electron chi connectivity index (χ4n) is 2.23. The number of ether oxygens (including phenoxy) is 1. The summed E-state index contributed by atoms with van der Waals surface area (Å²) in [5, 5.41) is 3.34. The van der Waals surface area contributed by atoms with Crippen LogP contribution in [0.5, 0.6) is 0 Å². The summed E-state index contributed by atoms with van der Waals surface area (Å²) in [6.45, 7) is 4.41. The smallest absolute Gasteiger partial charge is 0.242 e. The Hall–Kier alpha value is -0.890. The van der Waals surface area contributed by atoms with E-state index in [0.717, 1.165) is 31.5 Å². The lowest BCUT2D eigenvalue weighted by Gasteiger charge is -2.07. The number of sulfonamides is 1. The van der Waals surface area contributed by atoms with Crippen molar-refractivity contribution >= 4 is 10.0 Å². The van der Waals surface area contributed by atoms with Gasteiger partial charge in [-0.1, -0.05) is 6.92 Å². The van der Waals surface area contributed by atoms with Gasteiger partial charge in [0.05, 0.1) is 11.5 Å². The maximum atomic E-state index is 12.2. The van der Waals surface area contributed by atoms with Gasteiger partial charge in [0.15, 0.2) is 0 Å². The van der Waals surface area contributed by atoms with E-state index in [2.05, 4.69) is 21.5 Å². The second kappa shape index (κ2) is 7.40. The predicted molar refractivity (Wildman–Crippen MR) is 81.8 cm³/mol. The molecule has 0 radical (unpaired) electrons. The first-order valence-corrected chi connectivity index (χ1v) is 8.97. The van der Waals surface area contributed by atoms with E-state index >= 15 is 0 Å². The van der Waals surface area contributed by atoms with Gasteiger partial charge in [0.25, 0.3) is 0 Å². The molecule has 0 saturated heterocycles. The van der Waals surface area contributed by atoms with Crippen molar-refractivity contribution in [3.8, 4) is 0 Å². The van der Waals surface area contributed by atoms with Crippen LogP contribution in [-0.2, 0) is 21.3 Å². The van der Waals surface area contributed by atoms with Crippen LogP contribution < -0.4 is 10.0 Å². The molecule has 0 amide bonds. The van der Waals surface area contributed by atoms with Gasteiger partial charge in [0, 0.05) is 38.1 Å². The zero-order chi connectivity index (χ0) is 15.3. The van der Waals surface area contributed by atoms with Crippen LogP contribution in [0, 0.1) is 0 Å². The number of hydrogen-bond acceptors (Lipinski definition) is 4. The van der Waals surface area contributed by atoms with Crippen LogP contribution >= 0.6 is 0 Å². The number of rotatable bonds is 10. The van der Waals surface area contributed by atoms with Crippen molar-refractivity contribution in [1.29, 1.82) is 0 Å². The van der Waals surface area contributed by atoms with Crippen LogP contribution in [0.25, 0.3) is 0 Å². The monoisotopic (exact) mass is 315 g/mol. The SMILES string of the molecule is CCCNCc1cc(S(=O)(=O)NCCOC)cn1C1CC1. The maximum Gasteiger partial charge on any atom is 0.242 e. The Labute approximate surface area is 126 Å². The van der Waals surface area contributed by atoms with Crippen LogP contribution in [0.3, 0.4) is 0 Å². The third kappa shape index (κ3) is 4.54. The van der Waals surface area contributed by atoms with Gasteiger partial charge in [0.1, 0.15) is 0 Å². The first-order chi connectivity index (χ1) is 10.1. The highest BCUT2D eigenvalue weighted by Crippen LogP contribution is 2.37. The van der Waals surface area contributed by atoms with Crippen molar-refractivity contribution in [3.63, 3.8) is 0 Å². The minimum absolute atomic E-state index is 0.289. The molecule has 0 aliphatic heterocycles. The number of methoxy groups -OCH3 is 1. The fraction of sp³-hybridized carbons (Fsp3) is 0.714. The van der Waals surface area contributed by atoms with E-state index in [9.17, 15) is 8.42 Å². The molecule has 1 aromatic rings. The largest absolute Gasteiger partial charge is 0.383 e. The lowest BCUT2D eigenvalue weighted by atomic mass is 10.4. The Balaban J connectivity index is 2.10. The molecule has 1 aliphatic rings. The van der Waals surface area contributed by atoms with Crippen LogP contribution in [0.1, 0.15) is 37.9 Å². The standard InChI is InChI=1S/C14H25N3O3S/c1-3-6-15-10-13-9-14(11-17(13)12-4-5-12)21(18,19)16-7-8-20-2/h9,11-12,15-16H,3-8,10H2,1-2H3. The molecule has 1 fully saturated rings. The fourth-order valence-corrected chi connectivity index (χ4v) is 3.29. The zero-order valence-electron chi connectivity index (χ0n) is 12.8. The van der Waals surface area contributed by atoms with Crippen molar-refractivity contribution < 1.29 is 13.2 Å². The number of hydrogen-bond donors (Lipinski definition) is 2. The summed E-state index contributed by atoms with van der Waals surface area (Å²) >= 11 is 0. The normalized spacial score (nSPS) is 15.5. The molecule has 0 unspecified atom stereocenters. The summed E-state index contributed by atoms with van der Waals surface area (Å²) in [7, 11) is -1.90. The van der Waals surface area contributed by atoms with Crippen molar-refractivity contribution in [1.82, 2.24) is 14.6 Å². The Morgan fingerprint density at radius 1 is 1.38 bits per heavy atom. The van der Waals surface area contributed by atoms with Crippen LogP contribution in [0.2, 0.25) is 0 Å². The summed E-state index contributed by atoms with van der Waals surface area (Å²) in [5.41, 5.74) is 1.04. The number of nitrogens with zero attached hydrogens (tertiary/aromatic N) is 1. The molecule has 1 aromatic heterocycles. The Morgan fingerprint density at radius 3 is 2.76 bits per heavy atom. The van der Waals surface area contributed by atoms with E-state index in [0.29, 0.717) is 24.1 Å². The highest BCUT2D eigenvalue weighted by atomic mass is 32.2. The van der Waals surface area contributed by atoms with Crippen LogP contribution in [0.15, 0.2) is 17.2 Å². The lowest BCUT2D eigenvalue weighted by Crippen LogP contribution is -2.26. The van der Waals surface area contributed by atoms with Crippen molar-refractivity contribution in [2.45, 2.75) is 43.7 Å². The van der Waals surface area contributed by atoms with Crippen molar-refractivity contribution in [2.75, 3.05) is 26.8 Å². The number of nitrogens with one attached hydrogen (secondary N) is 2. The van der Waals surface area contributed by atoms with Crippen LogP contribution in [-0.4, -0.2) is 39.8 Å². The zero-order valence-corrected chi connectivity index (χ0v) is 13.6. The molecule has 120 valence electrons. The predicted octanol–water partition coefficient (Wildman–Crippen LogP) is 1.25. The molecule has 0 bridgehead atoms. The van der Waals surface area contributed by atoms with Gasteiger partial charge in [-0.25, -0.2) is 13.1 Å². The first-order valence-electron chi connectivity index (χ1n) is 7.48. The van der Waals surface area contributed by atoms with Gasteiger partial charge in [0.2, 0.25) is 10.0 Å². The van der Waals surface area contributed by atoms with E-state index in [1.165, 1.54) is 0 Å². The minimum Gasteiger partial charge on any atom is -0.383 e. The van der Waals surface area contributed by atoms with E-state index < -0.39 is 10.0 Å². The lowest BCUT2D eigenvalue weighted by molar-refractivity contribution is 0.204. The third-order valence-corrected chi connectivity index (χ3v) is 4.92. The molecule has 2 rings (SSSR count). The van der Waals surface area contributed by atoms with E-state index in [-0.39, 0.29) is 6.54 Å². The average Bonchev–Trinajstić information content (AvgIpc) is 3.20. The van der Waals surface area contributed by atoms with Crippen LogP contribution in [0.4, 0.5) is 0 Å². The second-order valence-corrected chi connectivity index (χ2v) is 7.14. The molecule has 21 heavy (non-hydrogen) atoms. The molecule has 2 N–H and O–H groups in total. The van der Waals surface area contributed by atoms with E-state index in [1.54, 1.807) is 19.4 Å². The molecular weight excluding hydrogens is 290 g/mol. The average molecular weight is 315 g/mol. The molecule has 0 spiro atoms. The Bertz CT molecular complexity index is 550. The molecule has 1 saturated carbocycles. The van der Waals surface area contributed by atoms with Gasteiger partial charge in [-0.2, -0.15) is 0 Å². The maximum absolute atomic E-state index is 12.2. The first kappa shape index (κ1) is 16.5. The quantitative estimate of drug-likeness (QED) is 0.637. The van der Waals surface area contributed by atoms with Gasteiger partial charge >= 0.3 is 0 Å². The van der Waals surface area contributed by atoms with Gasteiger partial charge in [-0.15, -0.1) is 0 Å². The van der Waals surface area contributed by atoms with Gasteiger partial charge < -0.3 is 14.6 Å². The highest BCUT2D eigenvalue weighted by Gasteiger charge is 2.28. The summed E-state index contributed by atoms with van der Waals surface area (Å²) in [5.74, 6) is 0. The molecule has 6 nitrogen and oxygen atoms in total. The molecule has 0 aromatic carbocycles. The molecule has 0 atom stereocenters. The highest BCUT2D eigenvalue weighted by molar-refractivity contribution is 7.89. The van der Waals surface area contributed by atoms with E-state index in [4.69, 9.17) is 4.74 Å². The molecule has 1 aliphatic carbocycles. The summed E-state index contributed by atoms with van der Waals surface area (Å²) in [6, 6.07) is 2.24. The van der Waals surface area contributed by atoms with Crippen molar-refractivity contribution in [2.24, 2.45) is 0 Å². The molecular formula is C14H25N3O3S. The van der Waals surface area contributed by atoms with E-state index in [1.807, 2.05) is 0 Å². The van der Waals surface area contributed by atoms with Gasteiger partial charge in [-0.3, -0.25) is 0 Å².